The summed E-state index contributed by atoms with van der Waals surface area (Å²) in [6.45, 7) is 3.08. The van der Waals surface area contributed by atoms with Gasteiger partial charge in [-0.15, -0.1) is 0 Å². The minimum Gasteiger partial charge on any atom is -0.476 e. The molecule has 0 aliphatic rings. The summed E-state index contributed by atoms with van der Waals surface area (Å²) < 4.78 is 10.5. The minimum atomic E-state index is 0.561. The van der Waals surface area contributed by atoms with E-state index in [1.54, 1.807) is 12.4 Å². The Hall–Kier alpha value is -2.04. The highest BCUT2D eigenvalue weighted by Crippen LogP contribution is 2.20. The fourth-order valence-corrected chi connectivity index (χ4v) is 1.29. The second-order valence-electron chi connectivity index (χ2n) is 3.11. The maximum Gasteiger partial charge on any atom is 0.237 e. The molecule has 0 amide bonds. The zero-order valence-corrected chi connectivity index (χ0v) is 9.01. The summed E-state index contributed by atoms with van der Waals surface area (Å²) in [6, 6.07) is 3.76. The zero-order valence-electron chi connectivity index (χ0n) is 9.01. The molecule has 2 heterocycles. The third-order valence-electron chi connectivity index (χ3n) is 1.99. The molecular formula is C11H13N3O2. The van der Waals surface area contributed by atoms with Gasteiger partial charge in [0.2, 0.25) is 5.88 Å². The molecule has 0 unspecified atom stereocenters. The molecule has 84 valence electrons. The lowest BCUT2D eigenvalue weighted by Crippen LogP contribution is -2.03. The van der Waals surface area contributed by atoms with Crippen molar-refractivity contribution in [1.82, 2.24) is 9.97 Å². The number of hydrogen-bond acceptors (Lipinski definition) is 5. The Morgan fingerprint density at radius 2 is 2.44 bits per heavy atom. The Morgan fingerprint density at radius 3 is 3.19 bits per heavy atom. The summed E-state index contributed by atoms with van der Waals surface area (Å²) in [5.74, 6) is 1.37. The molecule has 0 fully saturated rings. The number of nitrogens with one attached hydrogen (secondary N) is 1. The fraction of sp³-hybridized carbons (Fsp3) is 0.273. The Morgan fingerprint density at radius 1 is 1.50 bits per heavy atom. The van der Waals surface area contributed by atoms with E-state index >= 15 is 0 Å². The summed E-state index contributed by atoms with van der Waals surface area (Å²) in [4.78, 5) is 7.98. The van der Waals surface area contributed by atoms with E-state index in [9.17, 15) is 0 Å². The summed E-state index contributed by atoms with van der Waals surface area (Å²) in [5, 5.41) is 3.18. The molecule has 2 aromatic heterocycles. The van der Waals surface area contributed by atoms with E-state index in [1.807, 2.05) is 19.1 Å². The van der Waals surface area contributed by atoms with E-state index < -0.39 is 0 Å². The first-order chi connectivity index (χ1) is 7.90. The number of pyridine rings is 1. The van der Waals surface area contributed by atoms with E-state index in [2.05, 4.69) is 15.3 Å². The van der Waals surface area contributed by atoms with Crippen molar-refractivity contribution in [2.75, 3.05) is 11.9 Å². The molecule has 0 saturated carbocycles. The molecule has 0 radical (unpaired) electrons. The van der Waals surface area contributed by atoms with Gasteiger partial charge in [-0.1, -0.05) is 0 Å². The standard InChI is InChI=1S/C11H13N3O2/c1-2-15-11-10(4-3-5-13-11)14-7-9-6-12-8-16-9/h3-6,8,14H,2,7H2,1H3. The van der Waals surface area contributed by atoms with Crippen LogP contribution >= 0.6 is 0 Å². The van der Waals surface area contributed by atoms with Crippen LogP contribution in [0.3, 0.4) is 0 Å². The zero-order chi connectivity index (χ0) is 11.2. The van der Waals surface area contributed by atoms with Crippen molar-refractivity contribution >= 4 is 5.69 Å². The summed E-state index contributed by atoms with van der Waals surface area (Å²) in [5.41, 5.74) is 0.848. The van der Waals surface area contributed by atoms with Crippen LogP contribution in [0.5, 0.6) is 5.88 Å². The molecule has 2 rings (SSSR count). The van der Waals surface area contributed by atoms with Crippen LogP contribution in [0, 0.1) is 0 Å². The van der Waals surface area contributed by atoms with Gasteiger partial charge in [0, 0.05) is 6.20 Å². The van der Waals surface area contributed by atoms with Gasteiger partial charge in [-0.3, -0.25) is 0 Å². The number of aromatic nitrogens is 2. The van der Waals surface area contributed by atoms with E-state index in [0.717, 1.165) is 11.4 Å². The van der Waals surface area contributed by atoms with Crippen molar-refractivity contribution in [2.45, 2.75) is 13.5 Å². The van der Waals surface area contributed by atoms with E-state index in [0.29, 0.717) is 19.0 Å². The highest BCUT2D eigenvalue weighted by Gasteiger charge is 2.04. The van der Waals surface area contributed by atoms with Crippen molar-refractivity contribution in [2.24, 2.45) is 0 Å². The van der Waals surface area contributed by atoms with Crippen LogP contribution in [0.15, 0.2) is 35.3 Å². The number of hydrogen-bond donors (Lipinski definition) is 1. The first-order valence-corrected chi connectivity index (χ1v) is 5.09. The summed E-state index contributed by atoms with van der Waals surface area (Å²) in [6.07, 6.45) is 4.78. The average molecular weight is 219 g/mol. The lowest BCUT2D eigenvalue weighted by Gasteiger charge is -2.09. The quantitative estimate of drug-likeness (QED) is 0.834. The SMILES string of the molecule is CCOc1ncccc1NCc1cnco1. The van der Waals surface area contributed by atoms with Crippen LogP contribution in [0.4, 0.5) is 5.69 Å². The van der Waals surface area contributed by atoms with Crippen molar-refractivity contribution in [3.05, 3.63) is 36.7 Å². The Labute approximate surface area is 93.5 Å². The van der Waals surface area contributed by atoms with Gasteiger partial charge in [-0.25, -0.2) is 9.97 Å². The van der Waals surface area contributed by atoms with Crippen molar-refractivity contribution < 1.29 is 9.15 Å². The molecule has 0 atom stereocenters. The minimum absolute atomic E-state index is 0.561. The van der Waals surface area contributed by atoms with Gasteiger partial charge < -0.3 is 14.5 Å². The molecule has 16 heavy (non-hydrogen) atoms. The monoisotopic (exact) mass is 219 g/mol. The van der Waals surface area contributed by atoms with Gasteiger partial charge in [-0.2, -0.15) is 0 Å². The Bertz CT molecular complexity index is 429. The smallest absolute Gasteiger partial charge is 0.237 e. The average Bonchev–Trinajstić information content (AvgIpc) is 2.81. The number of ether oxygens (including phenoxy) is 1. The van der Waals surface area contributed by atoms with Gasteiger partial charge in [0.1, 0.15) is 5.76 Å². The molecule has 0 aliphatic carbocycles. The Balaban J connectivity index is 2.03. The number of rotatable bonds is 5. The second-order valence-corrected chi connectivity index (χ2v) is 3.11. The molecule has 1 N–H and O–H groups in total. The van der Waals surface area contributed by atoms with E-state index in [-0.39, 0.29) is 0 Å². The van der Waals surface area contributed by atoms with E-state index in [4.69, 9.17) is 9.15 Å². The molecule has 0 saturated heterocycles. The topological polar surface area (TPSA) is 60.2 Å². The summed E-state index contributed by atoms with van der Waals surface area (Å²) >= 11 is 0. The summed E-state index contributed by atoms with van der Waals surface area (Å²) in [7, 11) is 0. The van der Waals surface area contributed by atoms with Crippen LogP contribution < -0.4 is 10.1 Å². The van der Waals surface area contributed by atoms with Crippen LogP contribution in [0.1, 0.15) is 12.7 Å². The normalized spacial score (nSPS) is 10.1. The van der Waals surface area contributed by atoms with Crippen LogP contribution in [0.25, 0.3) is 0 Å². The third kappa shape index (κ3) is 2.50. The fourth-order valence-electron chi connectivity index (χ4n) is 1.29. The van der Waals surface area contributed by atoms with Crippen LogP contribution in [-0.2, 0) is 6.54 Å². The maximum absolute atomic E-state index is 5.39. The lowest BCUT2D eigenvalue weighted by molar-refractivity contribution is 0.328. The van der Waals surface area contributed by atoms with Gasteiger partial charge in [0.15, 0.2) is 6.39 Å². The predicted octanol–water partition coefficient (Wildman–Crippen LogP) is 2.08. The molecule has 0 aliphatic heterocycles. The predicted molar refractivity (Wildman–Crippen MR) is 59.2 cm³/mol. The van der Waals surface area contributed by atoms with Crippen LogP contribution in [-0.4, -0.2) is 16.6 Å². The highest BCUT2D eigenvalue weighted by molar-refractivity contribution is 5.51. The molecule has 0 bridgehead atoms. The lowest BCUT2D eigenvalue weighted by atomic mass is 10.4. The molecular weight excluding hydrogens is 206 g/mol. The van der Waals surface area contributed by atoms with E-state index in [1.165, 1.54) is 6.39 Å². The number of oxazole rings is 1. The molecule has 0 aromatic carbocycles. The van der Waals surface area contributed by atoms with Gasteiger partial charge >= 0.3 is 0 Å². The van der Waals surface area contributed by atoms with Crippen molar-refractivity contribution in [3.8, 4) is 5.88 Å². The van der Waals surface area contributed by atoms with Crippen molar-refractivity contribution in [1.29, 1.82) is 0 Å². The second kappa shape index (κ2) is 5.16. The number of nitrogens with zero attached hydrogens (tertiary/aromatic N) is 2. The Kier molecular flexibility index (Phi) is 3.38. The molecule has 2 aromatic rings. The number of anilines is 1. The maximum atomic E-state index is 5.39. The molecule has 5 nitrogen and oxygen atoms in total. The molecule has 5 heteroatoms. The van der Waals surface area contributed by atoms with Gasteiger partial charge in [0.25, 0.3) is 0 Å². The van der Waals surface area contributed by atoms with Gasteiger partial charge in [-0.05, 0) is 19.1 Å². The largest absolute Gasteiger partial charge is 0.476 e. The van der Waals surface area contributed by atoms with Gasteiger partial charge in [0.05, 0.1) is 25.0 Å². The van der Waals surface area contributed by atoms with Crippen LogP contribution in [0.2, 0.25) is 0 Å². The van der Waals surface area contributed by atoms with Crippen molar-refractivity contribution in [3.63, 3.8) is 0 Å². The highest BCUT2D eigenvalue weighted by atomic mass is 16.5. The molecule has 0 spiro atoms. The first-order valence-electron chi connectivity index (χ1n) is 5.09. The first kappa shape index (κ1) is 10.5. The third-order valence-corrected chi connectivity index (χ3v) is 1.99.